The fourth-order valence-electron chi connectivity index (χ4n) is 3.44. The maximum absolute atomic E-state index is 12.5. The number of nitrogens with zero attached hydrogens (tertiary/aromatic N) is 2. The van der Waals surface area contributed by atoms with Crippen LogP contribution in [0.5, 0.6) is 0 Å². The lowest BCUT2D eigenvalue weighted by atomic mass is 10.1. The molecular weight excluding hydrogens is 300 g/mol. The molecular formula is C16H20N2O5. The first-order chi connectivity index (χ1) is 10.8. The molecule has 1 aromatic heterocycles. The Bertz CT molecular complexity index is 629. The van der Waals surface area contributed by atoms with E-state index >= 15 is 0 Å². The molecule has 2 aliphatic rings. The molecule has 2 atom stereocenters. The summed E-state index contributed by atoms with van der Waals surface area (Å²) in [6.45, 7) is 5.32. The van der Waals surface area contributed by atoms with Crippen molar-refractivity contribution in [2.45, 2.75) is 13.8 Å². The van der Waals surface area contributed by atoms with Gasteiger partial charge in [0, 0.05) is 26.2 Å². The van der Waals surface area contributed by atoms with Gasteiger partial charge in [-0.25, -0.2) is 0 Å². The molecule has 0 unspecified atom stereocenters. The number of carbonyl (C=O) groups excluding carboxylic acids is 2. The number of furan rings is 1. The number of carboxylic acid groups (broad SMARTS) is 1. The van der Waals surface area contributed by atoms with Gasteiger partial charge in [0.2, 0.25) is 5.91 Å². The van der Waals surface area contributed by atoms with Crippen molar-refractivity contribution in [2.75, 3.05) is 26.2 Å². The summed E-state index contributed by atoms with van der Waals surface area (Å²) in [5.41, 5.74) is -0.496. The third kappa shape index (κ3) is 2.60. The molecule has 0 aromatic carbocycles. The summed E-state index contributed by atoms with van der Waals surface area (Å²) in [6, 6.07) is 3.28. The minimum atomic E-state index is -0.917. The number of carboxylic acids is 1. The lowest BCUT2D eigenvalue weighted by molar-refractivity contribution is -0.142. The Balaban J connectivity index is 1.58. The quantitative estimate of drug-likeness (QED) is 0.894. The van der Waals surface area contributed by atoms with E-state index in [1.54, 1.807) is 21.9 Å². The largest absolute Gasteiger partial charge is 0.481 e. The highest BCUT2D eigenvalue weighted by molar-refractivity contribution is 5.93. The number of aliphatic carboxylic acids is 1. The molecule has 1 aromatic rings. The zero-order chi connectivity index (χ0) is 16.8. The Morgan fingerprint density at radius 3 is 2.22 bits per heavy atom. The second-order valence-electron chi connectivity index (χ2n) is 6.71. The van der Waals surface area contributed by atoms with E-state index in [9.17, 15) is 19.5 Å². The van der Waals surface area contributed by atoms with Crippen LogP contribution in [0.1, 0.15) is 24.4 Å². The summed E-state index contributed by atoms with van der Waals surface area (Å²) in [5.74, 6) is -2.01. The molecule has 7 nitrogen and oxygen atoms in total. The van der Waals surface area contributed by atoms with Crippen molar-refractivity contribution in [3.63, 3.8) is 0 Å². The summed E-state index contributed by atoms with van der Waals surface area (Å²) < 4.78 is 5.10. The van der Waals surface area contributed by atoms with Gasteiger partial charge < -0.3 is 19.3 Å². The Labute approximate surface area is 133 Å². The Morgan fingerprint density at radius 2 is 1.74 bits per heavy atom. The number of hydrogen-bond donors (Lipinski definition) is 1. The molecule has 3 rings (SSSR count). The molecule has 23 heavy (non-hydrogen) atoms. The van der Waals surface area contributed by atoms with Crippen LogP contribution in [-0.2, 0) is 9.59 Å². The molecule has 2 heterocycles. The minimum absolute atomic E-state index is 0.118. The minimum Gasteiger partial charge on any atom is -0.481 e. The van der Waals surface area contributed by atoms with E-state index in [1.165, 1.54) is 6.26 Å². The predicted octanol–water partition coefficient (Wildman–Crippen LogP) is 0.921. The van der Waals surface area contributed by atoms with Gasteiger partial charge in [-0.05, 0) is 17.5 Å². The molecule has 2 fully saturated rings. The Morgan fingerprint density at radius 1 is 1.13 bits per heavy atom. The molecule has 124 valence electrons. The van der Waals surface area contributed by atoms with Gasteiger partial charge in [0.1, 0.15) is 0 Å². The highest BCUT2D eigenvalue weighted by atomic mass is 16.4. The standard InChI is InChI=1S/C16H20N2O5/c1-16(2)11(12(16)15(21)22)14(20)18-7-5-17(6-8-18)13(19)10-4-3-9-23-10/h3-4,9,11-12H,5-8H2,1-2H3,(H,21,22)/t11-,12+/m0/s1. The number of hydrogen-bond acceptors (Lipinski definition) is 4. The van der Waals surface area contributed by atoms with Crippen LogP contribution in [0.4, 0.5) is 0 Å². The summed E-state index contributed by atoms with van der Waals surface area (Å²) >= 11 is 0. The van der Waals surface area contributed by atoms with Crippen LogP contribution in [0, 0.1) is 17.3 Å². The van der Waals surface area contributed by atoms with Crippen LogP contribution < -0.4 is 0 Å². The van der Waals surface area contributed by atoms with Crippen molar-refractivity contribution in [3.05, 3.63) is 24.2 Å². The third-order valence-corrected chi connectivity index (χ3v) is 4.97. The molecule has 0 bridgehead atoms. The van der Waals surface area contributed by atoms with Crippen LogP contribution in [-0.4, -0.2) is 58.9 Å². The van der Waals surface area contributed by atoms with E-state index < -0.39 is 23.2 Å². The van der Waals surface area contributed by atoms with Crippen LogP contribution in [0.25, 0.3) is 0 Å². The first-order valence-corrected chi connectivity index (χ1v) is 7.68. The molecule has 7 heteroatoms. The zero-order valence-corrected chi connectivity index (χ0v) is 13.2. The number of amides is 2. The van der Waals surface area contributed by atoms with Crippen LogP contribution in [0.3, 0.4) is 0 Å². The Kier molecular flexibility index (Phi) is 3.66. The van der Waals surface area contributed by atoms with Crippen LogP contribution in [0.15, 0.2) is 22.8 Å². The maximum Gasteiger partial charge on any atom is 0.307 e. The molecule has 1 aliphatic carbocycles. The zero-order valence-electron chi connectivity index (χ0n) is 13.2. The fourth-order valence-corrected chi connectivity index (χ4v) is 3.44. The van der Waals surface area contributed by atoms with Crippen molar-refractivity contribution in [1.82, 2.24) is 9.80 Å². The van der Waals surface area contributed by atoms with Gasteiger partial charge >= 0.3 is 5.97 Å². The molecule has 1 saturated carbocycles. The van der Waals surface area contributed by atoms with E-state index in [-0.39, 0.29) is 11.8 Å². The second kappa shape index (κ2) is 5.40. The van der Waals surface area contributed by atoms with Crippen LogP contribution >= 0.6 is 0 Å². The summed E-state index contributed by atoms with van der Waals surface area (Å²) in [4.78, 5) is 39.2. The molecule has 1 saturated heterocycles. The van der Waals surface area contributed by atoms with Gasteiger partial charge in [0.15, 0.2) is 5.76 Å². The van der Waals surface area contributed by atoms with Crippen molar-refractivity contribution >= 4 is 17.8 Å². The SMILES string of the molecule is CC1(C)[C@H](C(=O)N2CCN(C(=O)c3ccco3)CC2)[C@@H]1C(=O)O. The van der Waals surface area contributed by atoms with Crippen LogP contribution in [0.2, 0.25) is 0 Å². The van der Waals surface area contributed by atoms with Gasteiger partial charge in [-0.1, -0.05) is 13.8 Å². The maximum atomic E-state index is 12.5. The normalized spacial score (nSPS) is 26.0. The van der Waals surface area contributed by atoms with E-state index in [4.69, 9.17) is 4.42 Å². The number of rotatable bonds is 3. The van der Waals surface area contributed by atoms with E-state index in [2.05, 4.69) is 0 Å². The van der Waals surface area contributed by atoms with Gasteiger partial charge in [-0.2, -0.15) is 0 Å². The van der Waals surface area contributed by atoms with Gasteiger partial charge in [-0.15, -0.1) is 0 Å². The fraction of sp³-hybridized carbons (Fsp3) is 0.562. The van der Waals surface area contributed by atoms with Crippen molar-refractivity contribution in [2.24, 2.45) is 17.3 Å². The monoisotopic (exact) mass is 320 g/mol. The van der Waals surface area contributed by atoms with E-state index in [0.717, 1.165) is 0 Å². The van der Waals surface area contributed by atoms with E-state index in [1.807, 2.05) is 13.8 Å². The average Bonchev–Trinajstić information content (AvgIpc) is 2.90. The predicted molar refractivity (Wildman–Crippen MR) is 79.6 cm³/mol. The molecule has 1 aliphatic heterocycles. The van der Waals surface area contributed by atoms with Gasteiger partial charge in [-0.3, -0.25) is 14.4 Å². The smallest absolute Gasteiger partial charge is 0.307 e. The van der Waals surface area contributed by atoms with Crippen molar-refractivity contribution in [1.29, 1.82) is 0 Å². The highest BCUT2D eigenvalue weighted by Gasteiger charge is 2.66. The van der Waals surface area contributed by atoms with Crippen molar-refractivity contribution < 1.29 is 23.9 Å². The molecule has 2 amide bonds. The average molecular weight is 320 g/mol. The second-order valence-corrected chi connectivity index (χ2v) is 6.71. The number of piperazine rings is 1. The van der Waals surface area contributed by atoms with E-state index in [0.29, 0.717) is 31.9 Å². The molecule has 1 N–H and O–H groups in total. The molecule has 0 spiro atoms. The summed E-state index contributed by atoms with van der Waals surface area (Å²) in [7, 11) is 0. The van der Waals surface area contributed by atoms with Crippen molar-refractivity contribution in [3.8, 4) is 0 Å². The van der Waals surface area contributed by atoms with Gasteiger partial charge in [0.05, 0.1) is 18.1 Å². The molecule has 0 radical (unpaired) electrons. The van der Waals surface area contributed by atoms with Gasteiger partial charge in [0.25, 0.3) is 5.91 Å². The first-order valence-electron chi connectivity index (χ1n) is 7.68. The lowest BCUT2D eigenvalue weighted by Gasteiger charge is -2.34. The third-order valence-electron chi connectivity index (χ3n) is 4.97. The first kappa shape index (κ1) is 15.6. The summed E-state index contributed by atoms with van der Waals surface area (Å²) in [5, 5.41) is 9.19. The topological polar surface area (TPSA) is 91.1 Å². The number of carbonyl (C=O) groups is 3. The lowest BCUT2D eigenvalue weighted by Crippen LogP contribution is -2.51. The highest BCUT2D eigenvalue weighted by Crippen LogP contribution is 2.59. The summed E-state index contributed by atoms with van der Waals surface area (Å²) in [6.07, 6.45) is 1.45. The Hall–Kier alpha value is -2.31.